The summed E-state index contributed by atoms with van der Waals surface area (Å²) in [6.07, 6.45) is 4.99. The number of ether oxygens (including phenoxy) is 1. The molecule has 10 heteroatoms. The van der Waals surface area contributed by atoms with Crippen LogP contribution in [-0.2, 0) is 4.79 Å². The lowest BCUT2D eigenvalue weighted by Gasteiger charge is -2.36. The number of thioether (sulfide) groups is 1. The van der Waals surface area contributed by atoms with Gasteiger partial charge in [-0.05, 0) is 37.1 Å². The van der Waals surface area contributed by atoms with Gasteiger partial charge in [-0.25, -0.2) is 5.43 Å². The third-order valence-corrected chi connectivity index (χ3v) is 7.15. The molecule has 1 saturated heterocycles. The highest BCUT2D eigenvalue weighted by Crippen LogP contribution is 2.35. The Morgan fingerprint density at radius 1 is 1.27 bits per heavy atom. The summed E-state index contributed by atoms with van der Waals surface area (Å²) in [4.78, 5) is 14.6. The number of rotatable bonds is 5. The van der Waals surface area contributed by atoms with Gasteiger partial charge in [0, 0.05) is 17.4 Å². The molecule has 0 saturated carbocycles. The summed E-state index contributed by atoms with van der Waals surface area (Å²) < 4.78 is 5.29. The quantitative estimate of drug-likeness (QED) is 0.597. The molecule has 3 atom stereocenters. The number of hydrazine groups is 1. The first-order valence-electron chi connectivity index (χ1n) is 10.7. The van der Waals surface area contributed by atoms with Crippen LogP contribution in [0, 0.1) is 6.92 Å². The highest BCUT2D eigenvalue weighted by atomic mass is 35.5. The molecule has 2 aromatic rings. The van der Waals surface area contributed by atoms with Gasteiger partial charge < -0.3 is 20.0 Å². The number of fused-ring (bicyclic) bond motifs is 3. The number of hydrogen-bond acceptors (Lipinski definition) is 8. The third kappa shape index (κ3) is 4.48. The number of aryl methyl sites for hydroxylation is 1. The standard InChI is InChI=1S/C23H25ClN6O2S/c1-14-3-5-15(6-4-14)17-12-19-22-26-27-23(29(22)9-10-30(19)28-17)33-13-21(31)25-18-11-16(24)7-8-20(18)32-2/h3-11,17,19,22,26,28H,12-13H2,1-2H3,(H,25,31). The van der Waals surface area contributed by atoms with Crippen LogP contribution in [0.1, 0.15) is 23.6 Å². The minimum Gasteiger partial charge on any atom is -0.495 e. The van der Waals surface area contributed by atoms with Crippen LogP contribution >= 0.6 is 23.4 Å². The zero-order valence-electron chi connectivity index (χ0n) is 18.3. The number of halogens is 1. The second-order valence-electron chi connectivity index (χ2n) is 8.16. The SMILES string of the molecule is COc1ccc(Cl)cc1NC(=O)CSC1=NNC2C3CC(c4ccc(C)cc4)NN3C=CN12. The van der Waals surface area contributed by atoms with Crippen molar-refractivity contribution in [3.05, 3.63) is 71.0 Å². The molecule has 172 valence electrons. The summed E-state index contributed by atoms with van der Waals surface area (Å²) in [5.74, 6) is 0.621. The number of benzene rings is 2. The molecule has 0 aromatic heterocycles. The minimum absolute atomic E-state index is 0.0107. The number of carbonyl (C=O) groups is 1. The van der Waals surface area contributed by atoms with Gasteiger partial charge in [0.2, 0.25) is 5.91 Å². The number of amides is 1. The topological polar surface area (TPSA) is 81.2 Å². The maximum Gasteiger partial charge on any atom is 0.234 e. The van der Waals surface area contributed by atoms with E-state index in [9.17, 15) is 4.79 Å². The largest absolute Gasteiger partial charge is 0.495 e. The van der Waals surface area contributed by atoms with Crippen molar-refractivity contribution in [3.8, 4) is 5.75 Å². The number of nitrogens with zero attached hydrogens (tertiary/aromatic N) is 3. The van der Waals surface area contributed by atoms with Crippen LogP contribution in [0.4, 0.5) is 5.69 Å². The van der Waals surface area contributed by atoms with Gasteiger partial charge in [-0.3, -0.25) is 10.2 Å². The lowest BCUT2D eigenvalue weighted by Crippen LogP contribution is -2.54. The summed E-state index contributed by atoms with van der Waals surface area (Å²) in [6, 6.07) is 14.2. The number of amidine groups is 1. The van der Waals surface area contributed by atoms with Crippen molar-refractivity contribution in [3.63, 3.8) is 0 Å². The molecule has 3 aliphatic heterocycles. The zero-order chi connectivity index (χ0) is 22.9. The highest BCUT2D eigenvalue weighted by Gasteiger charge is 2.44. The molecule has 3 N–H and O–H groups in total. The summed E-state index contributed by atoms with van der Waals surface area (Å²) in [6.45, 7) is 2.10. The van der Waals surface area contributed by atoms with Gasteiger partial charge in [0.25, 0.3) is 0 Å². The lowest BCUT2D eigenvalue weighted by atomic mass is 9.99. The second kappa shape index (κ2) is 9.17. The van der Waals surface area contributed by atoms with Crippen molar-refractivity contribution in [1.82, 2.24) is 20.8 Å². The zero-order valence-corrected chi connectivity index (χ0v) is 19.9. The molecule has 3 heterocycles. The normalized spacial score (nSPS) is 23.0. The maximum atomic E-state index is 12.6. The molecular weight excluding hydrogens is 460 g/mol. The molecule has 0 bridgehead atoms. The Balaban J connectivity index is 1.19. The van der Waals surface area contributed by atoms with Gasteiger partial charge in [0.05, 0.1) is 30.6 Å². The van der Waals surface area contributed by atoms with Crippen LogP contribution in [0.15, 0.2) is 60.0 Å². The van der Waals surface area contributed by atoms with Crippen molar-refractivity contribution in [2.45, 2.75) is 31.6 Å². The summed E-state index contributed by atoms with van der Waals surface area (Å²) >= 11 is 7.44. The van der Waals surface area contributed by atoms with Gasteiger partial charge >= 0.3 is 0 Å². The van der Waals surface area contributed by atoms with Gasteiger partial charge in [0.15, 0.2) is 5.17 Å². The van der Waals surface area contributed by atoms with E-state index in [1.807, 2.05) is 12.4 Å². The molecule has 1 amide bonds. The first-order chi connectivity index (χ1) is 16.0. The van der Waals surface area contributed by atoms with E-state index in [0.717, 1.165) is 11.6 Å². The third-order valence-electron chi connectivity index (χ3n) is 5.95. The Morgan fingerprint density at radius 3 is 2.88 bits per heavy atom. The van der Waals surface area contributed by atoms with Crippen LogP contribution in [0.25, 0.3) is 0 Å². The van der Waals surface area contributed by atoms with E-state index in [2.05, 4.69) is 62.4 Å². The number of anilines is 1. The van der Waals surface area contributed by atoms with Crippen LogP contribution in [-0.4, -0.2) is 46.1 Å². The van der Waals surface area contributed by atoms with Crippen molar-refractivity contribution in [2.75, 3.05) is 18.2 Å². The number of methoxy groups -OCH3 is 1. The number of nitrogens with one attached hydrogen (secondary N) is 3. The second-order valence-corrected chi connectivity index (χ2v) is 9.54. The minimum atomic E-state index is -0.156. The summed E-state index contributed by atoms with van der Waals surface area (Å²) in [5.41, 5.74) is 9.91. The van der Waals surface area contributed by atoms with E-state index < -0.39 is 0 Å². The monoisotopic (exact) mass is 484 g/mol. The molecule has 0 spiro atoms. The summed E-state index contributed by atoms with van der Waals surface area (Å²) in [5, 5.41) is 10.8. The number of hydrazone groups is 1. The molecule has 0 aliphatic carbocycles. The van der Waals surface area contributed by atoms with E-state index in [0.29, 0.717) is 16.5 Å². The smallest absolute Gasteiger partial charge is 0.234 e. The fourth-order valence-corrected chi connectivity index (χ4v) is 5.21. The van der Waals surface area contributed by atoms with E-state index in [4.69, 9.17) is 16.3 Å². The predicted octanol–water partition coefficient (Wildman–Crippen LogP) is 3.64. The van der Waals surface area contributed by atoms with Gasteiger partial charge in [0.1, 0.15) is 11.9 Å². The van der Waals surface area contributed by atoms with Gasteiger partial charge in [-0.15, -0.1) is 0 Å². The van der Waals surface area contributed by atoms with Crippen LogP contribution < -0.4 is 20.9 Å². The van der Waals surface area contributed by atoms with Crippen molar-refractivity contribution in [2.24, 2.45) is 5.10 Å². The van der Waals surface area contributed by atoms with E-state index in [1.54, 1.807) is 25.3 Å². The fraction of sp³-hybridized carbons (Fsp3) is 0.304. The Hall–Kier alpha value is -2.88. The maximum absolute atomic E-state index is 12.6. The van der Waals surface area contributed by atoms with Gasteiger partial charge in [-0.1, -0.05) is 53.2 Å². The Labute approximate surface area is 202 Å². The molecule has 5 rings (SSSR count). The number of carbonyl (C=O) groups excluding carboxylic acids is 1. The molecule has 8 nitrogen and oxygen atoms in total. The van der Waals surface area contributed by atoms with Crippen molar-refractivity contribution in [1.29, 1.82) is 0 Å². The first kappa shape index (κ1) is 21.9. The van der Waals surface area contributed by atoms with Crippen molar-refractivity contribution < 1.29 is 9.53 Å². The lowest BCUT2D eigenvalue weighted by molar-refractivity contribution is -0.113. The van der Waals surface area contributed by atoms with E-state index in [1.165, 1.54) is 22.9 Å². The van der Waals surface area contributed by atoms with E-state index in [-0.39, 0.29) is 29.9 Å². The Morgan fingerprint density at radius 2 is 2.09 bits per heavy atom. The molecular formula is C23H25ClN6O2S. The Bertz CT molecular complexity index is 1110. The fourth-order valence-electron chi connectivity index (χ4n) is 4.26. The van der Waals surface area contributed by atoms with Gasteiger partial charge in [-0.2, -0.15) is 5.10 Å². The van der Waals surface area contributed by atoms with Crippen LogP contribution in [0.3, 0.4) is 0 Å². The molecule has 0 radical (unpaired) electrons. The summed E-state index contributed by atoms with van der Waals surface area (Å²) in [7, 11) is 1.56. The highest BCUT2D eigenvalue weighted by molar-refractivity contribution is 8.14. The number of hydrogen-bond donors (Lipinski definition) is 3. The van der Waals surface area contributed by atoms with Crippen molar-refractivity contribution >= 4 is 40.1 Å². The van der Waals surface area contributed by atoms with Crippen LogP contribution in [0.2, 0.25) is 5.02 Å². The average molecular weight is 485 g/mol. The van der Waals surface area contributed by atoms with Crippen LogP contribution in [0.5, 0.6) is 5.75 Å². The van der Waals surface area contributed by atoms with E-state index >= 15 is 0 Å². The molecule has 2 aromatic carbocycles. The Kier molecular flexibility index (Phi) is 6.09. The molecule has 1 fully saturated rings. The first-order valence-corrected chi connectivity index (χ1v) is 12.1. The molecule has 3 aliphatic rings. The molecule has 33 heavy (non-hydrogen) atoms. The average Bonchev–Trinajstić information content (AvgIpc) is 3.42. The predicted molar refractivity (Wildman–Crippen MR) is 132 cm³/mol. The molecule has 3 unspecified atom stereocenters.